The number of Topliss-reactive ketones (excluding diaryl/α,β-unsaturated/α-hetero) is 1. The average Bonchev–Trinajstić information content (AvgIpc) is 2.33. The molecule has 0 unspecified atom stereocenters. The molecule has 1 saturated heterocycles. The third kappa shape index (κ3) is 3.01. The van der Waals surface area contributed by atoms with Gasteiger partial charge in [0.15, 0.2) is 0 Å². The van der Waals surface area contributed by atoms with Crippen molar-refractivity contribution in [1.29, 1.82) is 0 Å². The van der Waals surface area contributed by atoms with Gasteiger partial charge in [0, 0.05) is 11.2 Å². The summed E-state index contributed by atoms with van der Waals surface area (Å²) in [7, 11) is -0.536. The number of hydrogen-bond acceptors (Lipinski definition) is 1. The van der Waals surface area contributed by atoms with Crippen molar-refractivity contribution in [3.05, 3.63) is 0 Å². The molecule has 1 rings (SSSR count). The second-order valence-electron chi connectivity index (χ2n) is 5.41. The van der Waals surface area contributed by atoms with Crippen LogP contribution >= 0.6 is 10.0 Å². The fourth-order valence-electron chi connectivity index (χ4n) is 1.68. The predicted molar refractivity (Wildman–Crippen MR) is 61.8 cm³/mol. The second-order valence-corrected chi connectivity index (χ2v) is 9.47. The molecule has 0 saturated carbocycles. The van der Waals surface area contributed by atoms with E-state index in [1.807, 2.05) is 20.8 Å². The molecular weight excluding hydrogens is 180 g/mol. The van der Waals surface area contributed by atoms with Gasteiger partial charge in [-0.25, -0.2) is 10.0 Å². The molecule has 1 aliphatic rings. The highest BCUT2D eigenvalue weighted by atomic mass is 32.3. The van der Waals surface area contributed by atoms with Crippen molar-refractivity contribution in [3.8, 4) is 0 Å². The van der Waals surface area contributed by atoms with E-state index in [0.717, 1.165) is 5.75 Å². The predicted octanol–water partition coefficient (Wildman–Crippen LogP) is 2.83. The summed E-state index contributed by atoms with van der Waals surface area (Å²) in [5, 5.41) is 0. The van der Waals surface area contributed by atoms with Crippen LogP contribution in [0, 0.1) is 5.41 Å². The Labute approximate surface area is 83.6 Å². The molecule has 1 aliphatic heterocycles. The van der Waals surface area contributed by atoms with E-state index in [-0.39, 0.29) is 5.41 Å². The van der Waals surface area contributed by atoms with Gasteiger partial charge in [0.05, 0.1) is 0 Å². The summed E-state index contributed by atoms with van der Waals surface area (Å²) in [6.07, 6.45) is 5.05. The average molecular weight is 202 g/mol. The van der Waals surface area contributed by atoms with Crippen LogP contribution in [0.3, 0.4) is 0 Å². The molecule has 1 nitrogen and oxygen atoms in total. The van der Waals surface area contributed by atoms with Crippen molar-refractivity contribution in [1.82, 2.24) is 0 Å². The standard InChI is InChI=1S/C11H22OS/c1-11(2,3)10(12)9-13(4)7-5-6-8-13/h5-9H2,1-4H3. The summed E-state index contributed by atoms with van der Waals surface area (Å²) < 4.78 is 0. The zero-order valence-corrected chi connectivity index (χ0v) is 10.2. The van der Waals surface area contributed by atoms with Crippen molar-refractivity contribution >= 4 is 15.8 Å². The maximum atomic E-state index is 11.8. The highest BCUT2D eigenvalue weighted by molar-refractivity contribution is 8.33. The minimum atomic E-state index is -0.536. The molecule has 0 bridgehead atoms. The number of carbonyl (C=O) groups is 1. The molecule has 0 aromatic carbocycles. The van der Waals surface area contributed by atoms with Crippen LogP contribution in [0.25, 0.3) is 0 Å². The lowest BCUT2D eigenvalue weighted by atomic mass is 9.92. The minimum absolute atomic E-state index is 0.126. The summed E-state index contributed by atoms with van der Waals surface area (Å²) in [6.45, 7) is 6.10. The number of ketones is 1. The molecule has 78 valence electrons. The van der Waals surface area contributed by atoms with Gasteiger partial charge in [-0.1, -0.05) is 20.8 Å². The van der Waals surface area contributed by atoms with Crippen LogP contribution < -0.4 is 0 Å². The lowest BCUT2D eigenvalue weighted by Gasteiger charge is -2.32. The van der Waals surface area contributed by atoms with Gasteiger partial charge in [0.25, 0.3) is 0 Å². The maximum Gasteiger partial charge on any atom is 0.146 e. The summed E-state index contributed by atoms with van der Waals surface area (Å²) in [4.78, 5) is 11.8. The van der Waals surface area contributed by atoms with Crippen LogP contribution in [0.5, 0.6) is 0 Å². The first kappa shape index (κ1) is 11.1. The topological polar surface area (TPSA) is 17.1 Å². The molecule has 13 heavy (non-hydrogen) atoms. The van der Waals surface area contributed by atoms with Crippen molar-refractivity contribution in [2.45, 2.75) is 33.6 Å². The van der Waals surface area contributed by atoms with Gasteiger partial charge in [-0.3, -0.25) is 4.79 Å². The van der Waals surface area contributed by atoms with Gasteiger partial charge < -0.3 is 0 Å². The fourth-order valence-corrected chi connectivity index (χ4v) is 5.04. The zero-order chi connectivity index (χ0) is 10.1. The van der Waals surface area contributed by atoms with E-state index in [4.69, 9.17) is 0 Å². The summed E-state index contributed by atoms with van der Waals surface area (Å²) in [6, 6.07) is 0. The van der Waals surface area contributed by atoms with Gasteiger partial charge >= 0.3 is 0 Å². The lowest BCUT2D eigenvalue weighted by Crippen LogP contribution is -2.27. The number of hydrogen-bond donors (Lipinski definition) is 0. The number of rotatable bonds is 2. The van der Waals surface area contributed by atoms with Crippen LogP contribution in [0.4, 0.5) is 0 Å². The monoisotopic (exact) mass is 202 g/mol. The van der Waals surface area contributed by atoms with Crippen LogP contribution in [0.1, 0.15) is 33.6 Å². The lowest BCUT2D eigenvalue weighted by molar-refractivity contribution is -0.123. The van der Waals surface area contributed by atoms with Gasteiger partial charge in [-0.05, 0) is 30.6 Å². The molecule has 2 heteroatoms. The Morgan fingerprint density at radius 1 is 1.23 bits per heavy atom. The third-order valence-electron chi connectivity index (χ3n) is 2.84. The largest absolute Gasteiger partial charge is 0.298 e. The Bertz CT molecular complexity index is 197. The molecular formula is C11H22OS. The Morgan fingerprint density at radius 2 is 1.69 bits per heavy atom. The molecule has 0 amide bonds. The van der Waals surface area contributed by atoms with E-state index < -0.39 is 10.0 Å². The summed E-state index contributed by atoms with van der Waals surface area (Å²) in [5.41, 5.74) is -0.126. The Kier molecular flexibility index (Phi) is 3.11. The van der Waals surface area contributed by atoms with Crippen LogP contribution in [-0.4, -0.2) is 29.3 Å². The summed E-state index contributed by atoms with van der Waals surface area (Å²) >= 11 is 0. The van der Waals surface area contributed by atoms with E-state index in [1.165, 1.54) is 24.3 Å². The van der Waals surface area contributed by atoms with Crippen molar-refractivity contribution in [2.75, 3.05) is 23.5 Å². The highest BCUT2D eigenvalue weighted by Crippen LogP contribution is 2.51. The van der Waals surface area contributed by atoms with Crippen molar-refractivity contribution < 1.29 is 4.79 Å². The van der Waals surface area contributed by atoms with Crippen molar-refractivity contribution in [2.24, 2.45) is 5.41 Å². The molecule has 0 N–H and O–H groups in total. The van der Waals surface area contributed by atoms with E-state index in [0.29, 0.717) is 5.78 Å². The molecule has 0 radical (unpaired) electrons. The highest BCUT2D eigenvalue weighted by Gasteiger charge is 2.30. The van der Waals surface area contributed by atoms with Crippen LogP contribution in [0.2, 0.25) is 0 Å². The molecule has 0 aliphatic carbocycles. The number of carbonyl (C=O) groups excluding carboxylic acids is 1. The van der Waals surface area contributed by atoms with Crippen LogP contribution in [0.15, 0.2) is 0 Å². The first-order valence-corrected chi connectivity index (χ1v) is 7.63. The van der Waals surface area contributed by atoms with Crippen molar-refractivity contribution in [3.63, 3.8) is 0 Å². The fraction of sp³-hybridized carbons (Fsp3) is 0.909. The van der Waals surface area contributed by atoms with E-state index in [9.17, 15) is 4.79 Å². The van der Waals surface area contributed by atoms with Gasteiger partial charge in [0.1, 0.15) is 5.78 Å². The summed E-state index contributed by atoms with van der Waals surface area (Å²) in [5.74, 6) is 3.99. The Balaban J connectivity index is 2.53. The molecule has 1 heterocycles. The van der Waals surface area contributed by atoms with Crippen LogP contribution in [-0.2, 0) is 4.79 Å². The molecule has 0 spiro atoms. The quantitative estimate of drug-likeness (QED) is 0.673. The van der Waals surface area contributed by atoms with E-state index >= 15 is 0 Å². The van der Waals surface area contributed by atoms with Gasteiger partial charge in [-0.2, -0.15) is 0 Å². The third-order valence-corrected chi connectivity index (χ3v) is 6.35. The molecule has 1 fully saturated rings. The smallest absolute Gasteiger partial charge is 0.146 e. The van der Waals surface area contributed by atoms with Gasteiger partial charge in [0.2, 0.25) is 0 Å². The zero-order valence-electron chi connectivity index (χ0n) is 9.35. The Hall–Kier alpha value is 0.0200. The molecule has 0 aromatic rings. The SMILES string of the molecule is CC(C)(C)C(=O)CS1(C)CCCC1. The van der Waals surface area contributed by atoms with Gasteiger partial charge in [-0.15, -0.1) is 0 Å². The first-order valence-electron chi connectivity index (χ1n) is 5.08. The normalized spacial score (nSPS) is 24.3. The Morgan fingerprint density at radius 3 is 2.08 bits per heavy atom. The van der Waals surface area contributed by atoms with E-state index in [2.05, 4.69) is 6.26 Å². The molecule has 0 aromatic heterocycles. The minimum Gasteiger partial charge on any atom is -0.298 e. The second kappa shape index (κ2) is 3.64. The first-order chi connectivity index (χ1) is 5.83. The molecule has 0 atom stereocenters. The maximum absolute atomic E-state index is 11.8. The van der Waals surface area contributed by atoms with E-state index in [1.54, 1.807) is 0 Å².